The number of hydrogen-bond acceptors (Lipinski definition) is 5. The lowest BCUT2D eigenvalue weighted by molar-refractivity contribution is 0.0937. The molecule has 1 aromatic rings. The summed E-state index contributed by atoms with van der Waals surface area (Å²) < 4.78 is 5.41. The van der Waals surface area contributed by atoms with E-state index in [1.54, 1.807) is 0 Å². The van der Waals surface area contributed by atoms with Gasteiger partial charge in [-0.3, -0.25) is 9.69 Å². The van der Waals surface area contributed by atoms with E-state index in [9.17, 15) is 4.79 Å². The van der Waals surface area contributed by atoms with Gasteiger partial charge in [-0.15, -0.1) is 0 Å². The van der Waals surface area contributed by atoms with Gasteiger partial charge in [-0.25, -0.2) is 0 Å². The third-order valence-electron chi connectivity index (χ3n) is 5.00. The summed E-state index contributed by atoms with van der Waals surface area (Å²) in [5, 5.41) is 6.79. The molecule has 1 aromatic heterocycles. The summed E-state index contributed by atoms with van der Waals surface area (Å²) in [6.07, 6.45) is 11.7. The number of allylic oxidation sites excluding steroid dienone is 1. The normalized spacial score (nSPS) is 25.4. The summed E-state index contributed by atoms with van der Waals surface area (Å²) >= 11 is 0. The molecule has 0 aromatic carbocycles. The Balaban J connectivity index is 1.42. The molecule has 1 atom stereocenters. The van der Waals surface area contributed by atoms with Gasteiger partial charge in [0, 0.05) is 12.6 Å². The van der Waals surface area contributed by atoms with Crippen molar-refractivity contribution in [2.24, 2.45) is 0 Å². The molecule has 124 valence electrons. The van der Waals surface area contributed by atoms with Gasteiger partial charge in [0.25, 0.3) is 11.7 Å². The van der Waals surface area contributed by atoms with Crippen molar-refractivity contribution in [3.05, 3.63) is 23.4 Å². The molecule has 2 aliphatic carbocycles. The molecular weight excluding hydrogens is 292 g/mol. The Morgan fingerprint density at radius 3 is 3.00 bits per heavy atom. The van der Waals surface area contributed by atoms with Crippen LogP contribution in [0.3, 0.4) is 0 Å². The average molecular weight is 316 g/mol. The number of likely N-dealkylation sites (tertiary alicyclic amines) is 1. The highest BCUT2D eigenvalue weighted by atomic mass is 16.5. The van der Waals surface area contributed by atoms with Crippen molar-refractivity contribution >= 4 is 5.91 Å². The van der Waals surface area contributed by atoms with Crippen molar-refractivity contribution < 1.29 is 9.32 Å². The van der Waals surface area contributed by atoms with Gasteiger partial charge in [-0.05, 0) is 57.9 Å². The van der Waals surface area contributed by atoms with Crippen LogP contribution in [-0.2, 0) is 0 Å². The fourth-order valence-corrected chi connectivity index (χ4v) is 3.54. The van der Waals surface area contributed by atoms with E-state index in [4.69, 9.17) is 4.52 Å². The number of aromatic nitrogens is 2. The number of amides is 1. The van der Waals surface area contributed by atoms with Gasteiger partial charge >= 0.3 is 0 Å². The van der Waals surface area contributed by atoms with Gasteiger partial charge in [-0.1, -0.05) is 16.8 Å². The molecule has 3 aliphatic rings. The molecule has 0 radical (unpaired) electrons. The number of carbonyl (C=O) groups is 1. The maximum absolute atomic E-state index is 12.0. The van der Waals surface area contributed by atoms with Crippen molar-refractivity contribution in [2.75, 3.05) is 13.1 Å². The summed E-state index contributed by atoms with van der Waals surface area (Å²) in [7, 11) is 0. The average Bonchev–Trinajstić information content (AvgIpc) is 3.07. The zero-order valence-corrected chi connectivity index (χ0v) is 13.5. The summed E-state index contributed by atoms with van der Waals surface area (Å²) in [6, 6.07) is 0.471. The van der Waals surface area contributed by atoms with E-state index in [2.05, 4.69) is 26.4 Å². The minimum Gasteiger partial charge on any atom is -0.346 e. The third kappa shape index (κ3) is 3.47. The number of nitrogens with one attached hydrogen (secondary N) is 1. The van der Waals surface area contributed by atoms with Gasteiger partial charge in [0.1, 0.15) is 0 Å². The Kier molecular flexibility index (Phi) is 4.16. The van der Waals surface area contributed by atoms with E-state index in [-0.39, 0.29) is 17.8 Å². The largest absolute Gasteiger partial charge is 0.346 e. The van der Waals surface area contributed by atoms with Crippen LogP contribution in [0.2, 0.25) is 0 Å². The Morgan fingerprint density at radius 1 is 1.30 bits per heavy atom. The molecule has 2 fully saturated rings. The molecule has 23 heavy (non-hydrogen) atoms. The first kappa shape index (κ1) is 14.9. The molecule has 1 saturated carbocycles. The predicted octanol–water partition coefficient (Wildman–Crippen LogP) is 2.60. The van der Waals surface area contributed by atoms with Gasteiger partial charge < -0.3 is 9.84 Å². The molecule has 4 rings (SSSR count). The van der Waals surface area contributed by atoms with Crippen molar-refractivity contribution in [1.29, 1.82) is 0 Å². The van der Waals surface area contributed by atoms with Crippen molar-refractivity contribution in [2.45, 2.75) is 63.5 Å². The molecule has 1 aliphatic heterocycles. The van der Waals surface area contributed by atoms with E-state index in [1.165, 1.54) is 31.3 Å². The van der Waals surface area contributed by atoms with E-state index in [0.717, 1.165) is 38.8 Å². The molecule has 2 heterocycles. The molecule has 0 spiro atoms. The first-order valence-electron chi connectivity index (χ1n) is 8.86. The van der Waals surface area contributed by atoms with Crippen LogP contribution in [0.1, 0.15) is 73.9 Å². The Morgan fingerprint density at radius 2 is 2.22 bits per heavy atom. The van der Waals surface area contributed by atoms with Crippen LogP contribution in [0, 0.1) is 0 Å². The zero-order valence-electron chi connectivity index (χ0n) is 13.5. The maximum Gasteiger partial charge on any atom is 0.292 e. The number of nitrogens with zero attached hydrogens (tertiary/aromatic N) is 3. The van der Waals surface area contributed by atoms with Crippen LogP contribution in [-0.4, -0.2) is 40.1 Å². The van der Waals surface area contributed by atoms with Crippen molar-refractivity contribution in [1.82, 2.24) is 20.4 Å². The lowest BCUT2D eigenvalue weighted by Gasteiger charge is -2.24. The second kappa shape index (κ2) is 6.43. The Labute approximate surface area is 136 Å². The lowest BCUT2D eigenvalue weighted by Crippen LogP contribution is -2.27. The predicted molar refractivity (Wildman–Crippen MR) is 84.9 cm³/mol. The minimum absolute atomic E-state index is 0.160. The summed E-state index contributed by atoms with van der Waals surface area (Å²) in [4.78, 5) is 18.8. The standard InChI is InChI=1S/C17H24N4O2/c22-16(18-13-8-9-13)15-19-17(23-20-15)14-7-4-10-21(14)11-12-5-2-1-3-6-12/h5,13-14H,1-4,6-11H2,(H,18,22). The molecular formula is C17H24N4O2. The Bertz CT molecular complexity index is 605. The molecule has 0 bridgehead atoms. The molecule has 1 saturated heterocycles. The molecule has 6 nitrogen and oxygen atoms in total. The molecule has 6 heteroatoms. The fraction of sp³-hybridized carbons (Fsp3) is 0.706. The molecule has 1 unspecified atom stereocenters. The van der Waals surface area contributed by atoms with Crippen LogP contribution in [0.4, 0.5) is 0 Å². The quantitative estimate of drug-likeness (QED) is 0.846. The van der Waals surface area contributed by atoms with Crippen LogP contribution in [0.5, 0.6) is 0 Å². The van der Waals surface area contributed by atoms with E-state index >= 15 is 0 Å². The highest BCUT2D eigenvalue weighted by molar-refractivity contribution is 5.90. The maximum atomic E-state index is 12.0. The van der Waals surface area contributed by atoms with Crippen LogP contribution < -0.4 is 5.32 Å². The molecule has 1 amide bonds. The lowest BCUT2D eigenvalue weighted by atomic mass is 9.99. The van der Waals surface area contributed by atoms with Crippen LogP contribution in [0.25, 0.3) is 0 Å². The number of carbonyl (C=O) groups excluding carboxylic acids is 1. The first-order valence-corrected chi connectivity index (χ1v) is 8.86. The number of rotatable bonds is 5. The second-order valence-electron chi connectivity index (χ2n) is 6.94. The summed E-state index contributed by atoms with van der Waals surface area (Å²) in [5.41, 5.74) is 1.54. The SMILES string of the molecule is O=C(NC1CC1)c1noc(C2CCCN2CC2=CCCCC2)n1. The zero-order chi connectivity index (χ0) is 15.6. The number of hydrogen-bond donors (Lipinski definition) is 1. The minimum atomic E-state index is -0.206. The van der Waals surface area contributed by atoms with E-state index < -0.39 is 0 Å². The van der Waals surface area contributed by atoms with Crippen molar-refractivity contribution in [3.63, 3.8) is 0 Å². The second-order valence-corrected chi connectivity index (χ2v) is 6.94. The summed E-state index contributed by atoms with van der Waals surface area (Å²) in [6.45, 7) is 2.06. The van der Waals surface area contributed by atoms with Gasteiger partial charge in [-0.2, -0.15) is 4.98 Å². The highest BCUT2D eigenvalue weighted by Crippen LogP contribution is 2.32. The van der Waals surface area contributed by atoms with Crippen LogP contribution in [0.15, 0.2) is 16.2 Å². The third-order valence-corrected chi connectivity index (χ3v) is 5.00. The van der Waals surface area contributed by atoms with Crippen LogP contribution >= 0.6 is 0 Å². The highest BCUT2D eigenvalue weighted by Gasteiger charge is 2.32. The smallest absolute Gasteiger partial charge is 0.292 e. The van der Waals surface area contributed by atoms with Crippen molar-refractivity contribution in [3.8, 4) is 0 Å². The van der Waals surface area contributed by atoms with Gasteiger partial charge in [0.15, 0.2) is 0 Å². The fourth-order valence-electron chi connectivity index (χ4n) is 3.54. The van der Waals surface area contributed by atoms with Gasteiger partial charge in [0.05, 0.1) is 6.04 Å². The van der Waals surface area contributed by atoms with E-state index in [0.29, 0.717) is 11.9 Å². The van der Waals surface area contributed by atoms with E-state index in [1.807, 2.05) is 0 Å². The first-order chi connectivity index (χ1) is 11.3. The monoisotopic (exact) mass is 316 g/mol. The Hall–Kier alpha value is -1.69. The molecule has 1 N–H and O–H groups in total. The topological polar surface area (TPSA) is 71.3 Å². The summed E-state index contributed by atoms with van der Waals surface area (Å²) in [5.74, 6) is 0.567. The van der Waals surface area contributed by atoms with Gasteiger partial charge in [0.2, 0.25) is 5.89 Å².